The van der Waals surface area contributed by atoms with E-state index in [2.05, 4.69) is 9.97 Å². The van der Waals surface area contributed by atoms with Crippen LogP contribution in [0.1, 0.15) is 15.9 Å². The Morgan fingerprint density at radius 1 is 1.06 bits per heavy atom. The van der Waals surface area contributed by atoms with Gasteiger partial charge in [-0.25, -0.2) is 9.97 Å². The quantitative estimate of drug-likeness (QED) is 0.661. The van der Waals surface area contributed by atoms with Crippen LogP contribution >= 0.6 is 0 Å². The van der Waals surface area contributed by atoms with Gasteiger partial charge in [0.25, 0.3) is 11.5 Å². The highest BCUT2D eigenvalue weighted by atomic mass is 19.4. The minimum Gasteiger partial charge on any atom is -0.378 e. The molecular formula is C21H18F3N5O3. The largest absolute Gasteiger partial charge is 0.417 e. The van der Waals surface area contributed by atoms with Gasteiger partial charge in [0.1, 0.15) is 0 Å². The highest BCUT2D eigenvalue weighted by molar-refractivity contribution is 5.94. The normalized spacial score (nSPS) is 14.4. The summed E-state index contributed by atoms with van der Waals surface area (Å²) in [4.78, 5) is 34.7. The first-order valence-electron chi connectivity index (χ1n) is 9.63. The number of hydrogen-bond donors (Lipinski definition) is 1. The van der Waals surface area contributed by atoms with Crippen LogP contribution in [0.3, 0.4) is 0 Å². The molecule has 11 heteroatoms. The van der Waals surface area contributed by atoms with E-state index in [9.17, 15) is 22.8 Å². The van der Waals surface area contributed by atoms with Crippen LogP contribution in [0.15, 0.2) is 53.7 Å². The molecule has 2 N–H and O–H groups in total. The number of carbonyl (C=O) groups is 1. The lowest BCUT2D eigenvalue weighted by molar-refractivity contribution is -0.138. The van der Waals surface area contributed by atoms with Crippen molar-refractivity contribution in [2.45, 2.75) is 6.18 Å². The third-order valence-electron chi connectivity index (χ3n) is 5.01. The molecule has 2 aromatic heterocycles. The number of hydrogen-bond acceptors (Lipinski definition) is 6. The first-order valence-corrected chi connectivity index (χ1v) is 9.63. The molecule has 32 heavy (non-hydrogen) atoms. The van der Waals surface area contributed by atoms with Gasteiger partial charge in [-0.15, -0.1) is 0 Å². The molecule has 1 aromatic carbocycles. The number of alkyl halides is 3. The Hall–Kier alpha value is -3.73. The van der Waals surface area contributed by atoms with Gasteiger partial charge in [0.15, 0.2) is 0 Å². The fourth-order valence-electron chi connectivity index (χ4n) is 3.40. The third kappa shape index (κ3) is 4.33. The van der Waals surface area contributed by atoms with Crippen LogP contribution in [0.5, 0.6) is 0 Å². The molecule has 0 radical (unpaired) electrons. The van der Waals surface area contributed by atoms with Crippen LogP contribution in [0.2, 0.25) is 0 Å². The van der Waals surface area contributed by atoms with Gasteiger partial charge < -0.3 is 15.4 Å². The van der Waals surface area contributed by atoms with Gasteiger partial charge in [0.05, 0.1) is 24.3 Å². The first kappa shape index (κ1) is 21.5. The maximum Gasteiger partial charge on any atom is 0.417 e. The van der Waals surface area contributed by atoms with E-state index in [0.717, 1.165) is 10.8 Å². The second-order valence-electron chi connectivity index (χ2n) is 7.09. The number of anilines is 1. The number of nitrogens with zero attached hydrogens (tertiary/aromatic N) is 4. The summed E-state index contributed by atoms with van der Waals surface area (Å²) in [6, 6.07) is 6.88. The van der Waals surface area contributed by atoms with Crippen molar-refractivity contribution >= 4 is 11.9 Å². The lowest BCUT2D eigenvalue weighted by atomic mass is 10.1. The summed E-state index contributed by atoms with van der Waals surface area (Å²) >= 11 is 0. The minimum absolute atomic E-state index is 0.265. The third-order valence-corrected chi connectivity index (χ3v) is 5.01. The zero-order valence-corrected chi connectivity index (χ0v) is 16.7. The van der Waals surface area contributed by atoms with Gasteiger partial charge in [-0.2, -0.15) is 13.2 Å². The van der Waals surface area contributed by atoms with Crippen molar-refractivity contribution in [3.8, 4) is 16.8 Å². The van der Waals surface area contributed by atoms with Crippen LogP contribution in [0.4, 0.5) is 19.1 Å². The Labute approximate surface area is 180 Å². The second kappa shape index (κ2) is 8.42. The van der Waals surface area contributed by atoms with Crippen LogP contribution in [0.25, 0.3) is 16.8 Å². The summed E-state index contributed by atoms with van der Waals surface area (Å²) in [6.45, 7) is 2.58. The van der Waals surface area contributed by atoms with E-state index >= 15 is 0 Å². The number of rotatable bonds is 4. The first-order chi connectivity index (χ1) is 15.2. The zero-order valence-electron chi connectivity index (χ0n) is 16.7. The van der Waals surface area contributed by atoms with Gasteiger partial charge in [0, 0.05) is 49.0 Å². The predicted molar refractivity (Wildman–Crippen MR) is 110 cm³/mol. The molecule has 1 amide bonds. The standard InChI is InChI=1S/C21H18F3N5O3/c22-21(23,24)17-9-18(30)29(12-16(17)19(25)31)15-3-1-2-13(8-15)14-10-26-20(27-11-14)28-4-6-32-7-5-28/h1-3,8-12H,4-7H2,(H2,25,31). The monoisotopic (exact) mass is 445 g/mol. The van der Waals surface area contributed by atoms with Gasteiger partial charge >= 0.3 is 6.18 Å². The number of amides is 1. The number of pyridine rings is 1. The number of halogens is 3. The van der Waals surface area contributed by atoms with Crippen LogP contribution < -0.4 is 16.2 Å². The van der Waals surface area contributed by atoms with Gasteiger partial charge in [-0.05, 0) is 17.7 Å². The van der Waals surface area contributed by atoms with Crippen molar-refractivity contribution < 1.29 is 22.7 Å². The molecule has 0 unspecified atom stereocenters. The average Bonchev–Trinajstić information content (AvgIpc) is 2.79. The number of nitrogens with two attached hydrogens (primary N) is 1. The molecule has 0 atom stereocenters. The van der Waals surface area contributed by atoms with Crippen molar-refractivity contribution in [1.29, 1.82) is 0 Å². The SMILES string of the molecule is NC(=O)c1cn(-c2cccc(-c3cnc(N4CCOCC4)nc3)c2)c(=O)cc1C(F)(F)F. The van der Waals surface area contributed by atoms with Gasteiger partial charge in [-0.1, -0.05) is 12.1 Å². The molecule has 4 rings (SSSR count). The Morgan fingerprint density at radius 3 is 2.38 bits per heavy atom. The summed E-state index contributed by atoms with van der Waals surface area (Å²) in [6.07, 6.45) is -0.822. The van der Waals surface area contributed by atoms with E-state index in [0.29, 0.717) is 49.4 Å². The van der Waals surface area contributed by atoms with Crippen molar-refractivity contribution in [2.75, 3.05) is 31.2 Å². The van der Waals surface area contributed by atoms with Crippen molar-refractivity contribution in [3.63, 3.8) is 0 Å². The molecule has 3 heterocycles. The molecule has 0 spiro atoms. The van der Waals surface area contributed by atoms with E-state index in [1.807, 2.05) is 4.90 Å². The van der Waals surface area contributed by atoms with E-state index in [4.69, 9.17) is 10.5 Å². The van der Waals surface area contributed by atoms with E-state index < -0.39 is 28.8 Å². The number of morpholine rings is 1. The van der Waals surface area contributed by atoms with Gasteiger partial charge in [0.2, 0.25) is 5.95 Å². The molecule has 0 aliphatic carbocycles. The Morgan fingerprint density at radius 2 is 1.75 bits per heavy atom. The molecule has 166 valence electrons. The lowest BCUT2D eigenvalue weighted by Gasteiger charge is -2.26. The Bertz CT molecular complexity index is 1200. The topological polar surface area (TPSA) is 103 Å². The molecule has 0 bridgehead atoms. The van der Waals surface area contributed by atoms with Crippen molar-refractivity contribution in [2.24, 2.45) is 5.73 Å². The molecule has 8 nitrogen and oxygen atoms in total. The van der Waals surface area contributed by atoms with Crippen LogP contribution in [0, 0.1) is 0 Å². The van der Waals surface area contributed by atoms with E-state index in [-0.39, 0.29) is 5.69 Å². The van der Waals surface area contributed by atoms with Crippen molar-refractivity contribution in [1.82, 2.24) is 14.5 Å². The summed E-state index contributed by atoms with van der Waals surface area (Å²) in [7, 11) is 0. The molecule has 1 saturated heterocycles. The maximum absolute atomic E-state index is 13.2. The Kier molecular flexibility index (Phi) is 5.66. The zero-order chi connectivity index (χ0) is 22.9. The smallest absolute Gasteiger partial charge is 0.378 e. The summed E-state index contributed by atoms with van der Waals surface area (Å²) in [5.41, 5.74) is 3.58. The summed E-state index contributed by atoms with van der Waals surface area (Å²) in [5, 5.41) is 0. The molecular weight excluding hydrogens is 427 g/mol. The molecule has 1 aliphatic rings. The highest BCUT2D eigenvalue weighted by Gasteiger charge is 2.36. The van der Waals surface area contributed by atoms with Crippen molar-refractivity contribution in [3.05, 3.63) is 70.4 Å². The number of benzene rings is 1. The lowest BCUT2D eigenvalue weighted by Crippen LogP contribution is -2.37. The van der Waals surface area contributed by atoms with Gasteiger partial charge in [-0.3, -0.25) is 14.2 Å². The number of primary amides is 1. The van der Waals surface area contributed by atoms with Crippen LogP contribution in [-0.2, 0) is 10.9 Å². The number of ether oxygens (including phenoxy) is 1. The number of aromatic nitrogens is 3. The molecule has 1 aliphatic heterocycles. The average molecular weight is 445 g/mol. The maximum atomic E-state index is 13.2. The minimum atomic E-state index is -4.88. The Balaban J connectivity index is 1.70. The number of carbonyl (C=O) groups excluding carboxylic acids is 1. The molecule has 3 aromatic rings. The fourth-order valence-corrected chi connectivity index (χ4v) is 3.40. The van der Waals surface area contributed by atoms with E-state index in [1.165, 1.54) is 6.07 Å². The summed E-state index contributed by atoms with van der Waals surface area (Å²) in [5.74, 6) is -0.715. The summed E-state index contributed by atoms with van der Waals surface area (Å²) < 4.78 is 45.8. The second-order valence-corrected chi connectivity index (χ2v) is 7.09. The molecule has 1 fully saturated rings. The molecule has 0 saturated carbocycles. The fraction of sp³-hybridized carbons (Fsp3) is 0.238. The van der Waals surface area contributed by atoms with Crippen LogP contribution in [-0.4, -0.2) is 46.7 Å². The highest BCUT2D eigenvalue weighted by Crippen LogP contribution is 2.31. The van der Waals surface area contributed by atoms with E-state index in [1.54, 1.807) is 30.6 Å². The predicted octanol–water partition coefficient (Wildman–Crippen LogP) is 2.25.